The number of fused-ring (bicyclic) bond motifs is 1. The Labute approximate surface area is 131 Å². The minimum absolute atomic E-state index is 0.0751. The van der Waals surface area contributed by atoms with Gasteiger partial charge in [0, 0.05) is 31.5 Å². The van der Waals surface area contributed by atoms with Gasteiger partial charge in [-0.1, -0.05) is 0 Å². The van der Waals surface area contributed by atoms with Gasteiger partial charge in [-0.3, -0.25) is 9.78 Å². The van der Waals surface area contributed by atoms with Crippen LogP contribution in [0.3, 0.4) is 0 Å². The van der Waals surface area contributed by atoms with E-state index in [-0.39, 0.29) is 5.91 Å². The highest BCUT2D eigenvalue weighted by atomic mass is 79.9. The molecule has 0 bridgehead atoms. The molecular formula is C16H15BrN2O2. The van der Waals surface area contributed by atoms with E-state index in [1.54, 1.807) is 24.2 Å². The number of ether oxygens (including phenoxy) is 1. The lowest BCUT2D eigenvalue weighted by Gasteiger charge is -2.16. The summed E-state index contributed by atoms with van der Waals surface area (Å²) < 4.78 is 6.73. The summed E-state index contributed by atoms with van der Waals surface area (Å²) in [7, 11) is 0. The molecule has 1 aliphatic rings. The average molecular weight is 347 g/mol. The third kappa shape index (κ3) is 2.93. The van der Waals surface area contributed by atoms with E-state index >= 15 is 0 Å². The van der Waals surface area contributed by atoms with E-state index in [1.807, 2.05) is 24.3 Å². The Morgan fingerprint density at radius 2 is 2.14 bits per heavy atom. The molecule has 1 aromatic carbocycles. The Bertz CT molecular complexity index is 673. The van der Waals surface area contributed by atoms with Crippen LogP contribution in [-0.2, 0) is 17.8 Å². The number of amides is 1. The SMILES string of the molecule is CC(=O)N1CCc2cc(OCc3ccncc3)c(Br)cc21. The van der Waals surface area contributed by atoms with Crippen molar-refractivity contribution in [2.24, 2.45) is 0 Å². The van der Waals surface area contributed by atoms with Crippen LogP contribution in [0.25, 0.3) is 0 Å². The minimum Gasteiger partial charge on any atom is -0.488 e. The number of carbonyl (C=O) groups is 1. The quantitative estimate of drug-likeness (QED) is 0.855. The summed E-state index contributed by atoms with van der Waals surface area (Å²) in [6, 6.07) is 7.84. The number of halogens is 1. The van der Waals surface area contributed by atoms with Crippen molar-refractivity contribution in [3.05, 3.63) is 52.3 Å². The Kier molecular flexibility index (Phi) is 3.92. The number of hydrogen-bond acceptors (Lipinski definition) is 3. The van der Waals surface area contributed by atoms with Gasteiger partial charge in [0.15, 0.2) is 0 Å². The normalized spacial score (nSPS) is 13.1. The first-order valence-corrected chi connectivity index (χ1v) is 7.56. The molecule has 0 saturated carbocycles. The van der Waals surface area contributed by atoms with Gasteiger partial charge < -0.3 is 9.64 Å². The summed E-state index contributed by atoms with van der Waals surface area (Å²) in [5, 5.41) is 0. The van der Waals surface area contributed by atoms with Gasteiger partial charge in [0.05, 0.1) is 4.47 Å². The first-order chi connectivity index (χ1) is 10.1. The Morgan fingerprint density at radius 3 is 2.86 bits per heavy atom. The lowest BCUT2D eigenvalue weighted by molar-refractivity contribution is -0.116. The first-order valence-electron chi connectivity index (χ1n) is 6.77. The molecule has 0 fully saturated rings. The van der Waals surface area contributed by atoms with Gasteiger partial charge in [0.2, 0.25) is 5.91 Å². The molecule has 0 saturated heterocycles. The van der Waals surface area contributed by atoms with Crippen LogP contribution in [0, 0.1) is 0 Å². The average Bonchev–Trinajstić information content (AvgIpc) is 2.88. The van der Waals surface area contributed by atoms with E-state index in [4.69, 9.17) is 4.74 Å². The van der Waals surface area contributed by atoms with Gasteiger partial charge in [-0.25, -0.2) is 0 Å². The maximum atomic E-state index is 11.6. The molecule has 0 radical (unpaired) electrons. The Balaban J connectivity index is 1.80. The van der Waals surface area contributed by atoms with Crippen LogP contribution in [-0.4, -0.2) is 17.4 Å². The van der Waals surface area contributed by atoms with Crippen molar-refractivity contribution >= 4 is 27.5 Å². The second-order valence-corrected chi connectivity index (χ2v) is 5.83. The Hall–Kier alpha value is -1.88. The molecule has 0 N–H and O–H groups in total. The summed E-state index contributed by atoms with van der Waals surface area (Å²) in [5.41, 5.74) is 3.20. The van der Waals surface area contributed by atoms with Crippen LogP contribution in [0.1, 0.15) is 18.1 Å². The lowest BCUT2D eigenvalue weighted by atomic mass is 10.1. The van der Waals surface area contributed by atoms with Crippen molar-refractivity contribution in [3.63, 3.8) is 0 Å². The molecule has 1 aromatic heterocycles. The highest BCUT2D eigenvalue weighted by Gasteiger charge is 2.23. The predicted molar refractivity (Wildman–Crippen MR) is 84.4 cm³/mol. The number of aromatic nitrogens is 1. The number of benzene rings is 1. The van der Waals surface area contributed by atoms with E-state index in [2.05, 4.69) is 20.9 Å². The number of anilines is 1. The van der Waals surface area contributed by atoms with Crippen molar-refractivity contribution < 1.29 is 9.53 Å². The molecular weight excluding hydrogens is 332 g/mol. The topological polar surface area (TPSA) is 42.4 Å². The molecule has 2 aromatic rings. The second kappa shape index (κ2) is 5.85. The third-order valence-corrected chi connectivity index (χ3v) is 4.17. The fourth-order valence-electron chi connectivity index (χ4n) is 2.47. The van der Waals surface area contributed by atoms with Crippen LogP contribution < -0.4 is 9.64 Å². The highest BCUT2D eigenvalue weighted by molar-refractivity contribution is 9.10. The zero-order valence-electron chi connectivity index (χ0n) is 11.7. The van der Waals surface area contributed by atoms with Gasteiger partial charge in [-0.05, 0) is 57.7 Å². The van der Waals surface area contributed by atoms with Gasteiger partial charge in [-0.15, -0.1) is 0 Å². The molecule has 0 atom stereocenters. The van der Waals surface area contributed by atoms with Gasteiger partial charge in [-0.2, -0.15) is 0 Å². The maximum Gasteiger partial charge on any atom is 0.223 e. The molecule has 5 heteroatoms. The maximum absolute atomic E-state index is 11.6. The minimum atomic E-state index is 0.0751. The fraction of sp³-hybridized carbons (Fsp3) is 0.250. The van der Waals surface area contributed by atoms with E-state index in [0.29, 0.717) is 6.61 Å². The number of rotatable bonds is 3. The van der Waals surface area contributed by atoms with E-state index in [9.17, 15) is 4.79 Å². The lowest BCUT2D eigenvalue weighted by Crippen LogP contribution is -2.25. The van der Waals surface area contributed by atoms with E-state index in [0.717, 1.165) is 40.0 Å². The van der Waals surface area contributed by atoms with Crippen molar-refractivity contribution in [1.29, 1.82) is 0 Å². The van der Waals surface area contributed by atoms with Crippen LogP contribution in [0.15, 0.2) is 41.1 Å². The smallest absolute Gasteiger partial charge is 0.223 e. The van der Waals surface area contributed by atoms with Crippen LogP contribution >= 0.6 is 15.9 Å². The first kappa shape index (κ1) is 14.1. The predicted octanol–water partition coefficient (Wildman–Crippen LogP) is 3.33. The molecule has 108 valence electrons. The molecule has 2 heterocycles. The summed E-state index contributed by atoms with van der Waals surface area (Å²) in [6.07, 6.45) is 4.37. The monoisotopic (exact) mass is 346 g/mol. The molecule has 4 nitrogen and oxygen atoms in total. The summed E-state index contributed by atoms with van der Waals surface area (Å²) in [6.45, 7) is 2.83. The molecule has 0 aliphatic carbocycles. The number of pyridine rings is 1. The molecule has 3 rings (SSSR count). The van der Waals surface area contributed by atoms with E-state index in [1.165, 1.54) is 0 Å². The summed E-state index contributed by atoms with van der Waals surface area (Å²) in [4.78, 5) is 17.4. The fourth-order valence-corrected chi connectivity index (χ4v) is 2.91. The number of hydrogen-bond donors (Lipinski definition) is 0. The molecule has 0 unspecified atom stereocenters. The standard InChI is InChI=1S/C16H15BrN2O2/c1-11(20)19-7-4-13-8-16(14(17)9-15(13)19)21-10-12-2-5-18-6-3-12/h2-3,5-6,8-9H,4,7,10H2,1H3. The van der Waals surface area contributed by atoms with Crippen molar-refractivity contribution in [3.8, 4) is 5.75 Å². The molecule has 0 spiro atoms. The van der Waals surface area contributed by atoms with Crippen molar-refractivity contribution in [2.45, 2.75) is 20.0 Å². The van der Waals surface area contributed by atoms with Crippen LogP contribution in [0.4, 0.5) is 5.69 Å². The highest BCUT2D eigenvalue weighted by Crippen LogP contribution is 2.37. The van der Waals surface area contributed by atoms with Crippen LogP contribution in [0.2, 0.25) is 0 Å². The zero-order chi connectivity index (χ0) is 14.8. The molecule has 1 aliphatic heterocycles. The van der Waals surface area contributed by atoms with E-state index < -0.39 is 0 Å². The zero-order valence-corrected chi connectivity index (χ0v) is 13.3. The van der Waals surface area contributed by atoms with Crippen LogP contribution in [0.5, 0.6) is 5.75 Å². The Morgan fingerprint density at radius 1 is 1.38 bits per heavy atom. The number of nitrogens with zero attached hydrogens (tertiary/aromatic N) is 2. The van der Waals surface area contributed by atoms with Gasteiger partial charge in [0.1, 0.15) is 12.4 Å². The van der Waals surface area contributed by atoms with Crippen molar-refractivity contribution in [2.75, 3.05) is 11.4 Å². The second-order valence-electron chi connectivity index (χ2n) is 4.98. The van der Waals surface area contributed by atoms with Gasteiger partial charge in [0.25, 0.3) is 0 Å². The third-order valence-electron chi connectivity index (χ3n) is 3.55. The number of carbonyl (C=O) groups excluding carboxylic acids is 1. The molecule has 1 amide bonds. The largest absolute Gasteiger partial charge is 0.488 e. The molecule has 21 heavy (non-hydrogen) atoms. The van der Waals surface area contributed by atoms with Crippen molar-refractivity contribution in [1.82, 2.24) is 4.98 Å². The summed E-state index contributed by atoms with van der Waals surface area (Å²) in [5.74, 6) is 0.877. The summed E-state index contributed by atoms with van der Waals surface area (Å²) >= 11 is 3.52. The van der Waals surface area contributed by atoms with Gasteiger partial charge >= 0.3 is 0 Å².